The summed E-state index contributed by atoms with van der Waals surface area (Å²) in [5.41, 5.74) is 0.987. The molecule has 0 heterocycles. The van der Waals surface area contributed by atoms with Crippen LogP contribution in [0.3, 0.4) is 0 Å². The molecule has 0 radical (unpaired) electrons. The fourth-order valence-corrected chi connectivity index (χ4v) is 7.59. The molecule has 0 amide bonds. The molecule has 5 fully saturated rings. The van der Waals surface area contributed by atoms with Crippen LogP contribution >= 0.6 is 11.8 Å². The zero-order chi connectivity index (χ0) is 14.5. The van der Waals surface area contributed by atoms with Gasteiger partial charge in [-0.2, -0.15) is 11.8 Å². The van der Waals surface area contributed by atoms with E-state index in [1.165, 1.54) is 70.0 Å². The predicted molar refractivity (Wildman–Crippen MR) is 86.2 cm³/mol. The highest BCUT2D eigenvalue weighted by molar-refractivity contribution is 7.99. The molecule has 21 heavy (non-hydrogen) atoms. The first-order valence-corrected chi connectivity index (χ1v) is 9.90. The van der Waals surface area contributed by atoms with Crippen LogP contribution in [0.25, 0.3) is 0 Å². The van der Waals surface area contributed by atoms with Gasteiger partial charge in [0.15, 0.2) is 0 Å². The highest BCUT2D eigenvalue weighted by Gasteiger charge is 2.51. The van der Waals surface area contributed by atoms with Gasteiger partial charge in [0.05, 0.1) is 13.5 Å². The van der Waals surface area contributed by atoms with E-state index < -0.39 is 0 Å². The molecule has 0 spiro atoms. The van der Waals surface area contributed by atoms with Crippen molar-refractivity contribution in [3.05, 3.63) is 0 Å². The van der Waals surface area contributed by atoms with Gasteiger partial charge in [0.2, 0.25) is 0 Å². The number of carbonyl (C=O) groups is 1. The van der Waals surface area contributed by atoms with E-state index in [1.54, 1.807) is 0 Å². The van der Waals surface area contributed by atoms with E-state index in [0.717, 1.165) is 17.8 Å². The van der Waals surface area contributed by atoms with Crippen molar-refractivity contribution in [3.63, 3.8) is 0 Å². The number of methoxy groups -OCH3 is 1. The highest BCUT2D eigenvalue weighted by Crippen LogP contribution is 2.61. The Balaban J connectivity index is 1.30. The van der Waals surface area contributed by atoms with Gasteiger partial charge in [0.25, 0.3) is 0 Å². The lowest BCUT2D eigenvalue weighted by Crippen LogP contribution is -2.47. The SMILES string of the molecule is COC(=O)CC1(CSCC23CC4CC(CC(C4)C2)C3)CC1. The third-order valence-corrected chi connectivity index (χ3v) is 8.32. The van der Waals surface area contributed by atoms with Crippen molar-refractivity contribution >= 4 is 17.7 Å². The molecule has 5 saturated carbocycles. The minimum absolute atomic E-state index is 0.0112. The van der Waals surface area contributed by atoms with E-state index in [-0.39, 0.29) is 5.97 Å². The molecule has 0 aliphatic heterocycles. The van der Waals surface area contributed by atoms with Crippen LogP contribution < -0.4 is 0 Å². The molecule has 0 atom stereocenters. The molecule has 3 heteroatoms. The molecule has 5 aliphatic carbocycles. The minimum Gasteiger partial charge on any atom is -0.469 e. The third kappa shape index (κ3) is 2.87. The smallest absolute Gasteiger partial charge is 0.306 e. The van der Waals surface area contributed by atoms with Crippen LogP contribution in [0.5, 0.6) is 0 Å². The van der Waals surface area contributed by atoms with Crippen LogP contribution in [0.4, 0.5) is 0 Å². The first-order chi connectivity index (χ1) is 10.1. The molecule has 0 saturated heterocycles. The van der Waals surface area contributed by atoms with Gasteiger partial charge in [-0.15, -0.1) is 0 Å². The number of hydrogen-bond acceptors (Lipinski definition) is 3. The maximum absolute atomic E-state index is 11.5. The molecule has 0 aromatic carbocycles. The Morgan fingerprint density at radius 3 is 2.10 bits per heavy atom. The lowest BCUT2D eigenvalue weighted by Gasteiger charge is -2.57. The van der Waals surface area contributed by atoms with E-state index in [4.69, 9.17) is 4.74 Å². The van der Waals surface area contributed by atoms with Crippen LogP contribution in [-0.2, 0) is 9.53 Å². The van der Waals surface area contributed by atoms with Gasteiger partial charge < -0.3 is 4.74 Å². The maximum Gasteiger partial charge on any atom is 0.306 e. The summed E-state index contributed by atoms with van der Waals surface area (Å²) in [6, 6.07) is 0. The van der Waals surface area contributed by atoms with Gasteiger partial charge in [-0.1, -0.05) is 0 Å². The van der Waals surface area contributed by atoms with Crippen molar-refractivity contribution in [2.45, 2.75) is 57.8 Å². The fraction of sp³-hybridized carbons (Fsp3) is 0.944. The summed E-state index contributed by atoms with van der Waals surface area (Å²) in [5.74, 6) is 5.71. The summed E-state index contributed by atoms with van der Waals surface area (Å²) in [5, 5.41) is 0. The molecule has 4 bridgehead atoms. The summed E-state index contributed by atoms with van der Waals surface area (Å²) in [4.78, 5) is 11.5. The summed E-state index contributed by atoms with van der Waals surface area (Å²) in [7, 11) is 1.51. The number of rotatable bonds is 6. The van der Waals surface area contributed by atoms with Gasteiger partial charge in [-0.25, -0.2) is 0 Å². The second-order valence-corrected chi connectivity index (χ2v) is 9.65. The van der Waals surface area contributed by atoms with Gasteiger partial charge in [-0.05, 0) is 91.5 Å². The molecule has 5 aliphatic rings. The number of esters is 1. The van der Waals surface area contributed by atoms with Crippen LogP contribution in [0, 0.1) is 28.6 Å². The van der Waals surface area contributed by atoms with E-state index in [1.807, 2.05) is 0 Å². The lowest BCUT2D eigenvalue weighted by molar-refractivity contribution is -0.141. The van der Waals surface area contributed by atoms with Crippen molar-refractivity contribution in [1.29, 1.82) is 0 Å². The predicted octanol–water partition coefficient (Wildman–Crippen LogP) is 4.28. The Labute approximate surface area is 132 Å². The quantitative estimate of drug-likeness (QED) is 0.685. The first-order valence-electron chi connectivity index (χ1n) is 8.75. The summed E-state index contributed by atoms with van der Waals surface area (Å²) in [6.45, 7) is 0. The Bertz CT molecular complexity index is 392. The summed E-state index contributed by atoms with van der Waals surface area (Å²) < 4.78 is 4.86. The number of ether oxygens (including phenoxy) is 1. The molecule has 0 N–H and O–H groups in total. The molecular formula is C18H28O2S. The monoisotopic (exact) mass is 308 g/mol. The zero-order valence-electron chi connectivity index (χ0n) is 13.2. The van der Waals surface area contributed by atoms with E-state index in [9.17, 15) is 4.79 Å². The van der Waals surface area contributed by atoms with Crippen LogP contribution in [0.1, 0.15) is 57.8 Å². The van der Waals surface area contributed by atoms with Gasteiger partial charge in [0, 0.05) is 0 Å². The molecule has 0 aromatic rings. The zero-order valence-corrected chi connectivity index (χ0v) is 14.1. The first kappa shape index (κ1) is 14.4. The molecule has 0 unspecified atom stereocenters. The average molecular weight is 308 g/mol. The second-order valence-electron chi connectivity index (χ2n) is 8.66. The molecule has 5 rings (SSSR count). The lowest BCUT2D eigenvalue weighted by atomic mass is 9.50. The summed E-state index contributed by atoms with van der Waals surface area (Å²) in [6.07, 6.45) is 12.3. The van der Waals surface area contributed by atoms with Gasteiger partial charge in [-0.3, -0.25) is 4.79 Å². The van der Waals surface area contributed by atoms with E-state index in [0.29, 0.717) is 17.3 Å². The third-order valence-electron chi connectivity index (χ3n) is 6.69. The van der Waals surface area contributed by atoms with E-state index >= 15 is 0 Å². The molecule has 2 nitrogen and oxygen atoms in total. The number of hydrogen-bond donors (Lipinski definition) is 0. The van der Waals surface area contributed by atoms with E-state index in [2.05, 4.69) is 11.8 Å². The van der Waals surface area contributed by atoms with Crippen molar-refractivity contribution in [2.24, 2.45) is 28.6 Å². The highest BCUT2D eigenvalue weighted by atomic mass is 32.2. The van der Waals surface area contributed by atoms with Crippen molar-refractivity contribution in [2.75, 3.05) is 18.6 Å². The molecular weight excluding hydrogens is 280 g/mol. The Kier molecular flexibility index (Phi) is 3.55. The Hall–Kier alpha value is -0.180. The van der Waals surface area contributed by atoms with Crippen molar-refractivity contribution < 1.29 is 9.53 Å². The minimum atomic E-state index is -0.0112. The number of thioether (sulfide) groups is 1. The van der Waals surface area contributed by atoms with Crippen molar-refractivity contribution in [3.8, 4) is 0 Å². The topological polar surface area (TPSA) is 26.3 Å². The Morgan fingerprint density at radius 2 is 1.62 bits per heavy atom. The van der Waals surface area contributed by atoms with Crippen molar-refractivity contribution in [1.82, 2.24) is 0 Å². The summed E-state index contributed by atoms with van der Waals surface area (Å²) >= 11 is 2.16. The fourth-order valence-electron chi connectivity index (χ4n) is 5.88. The van der Waals surface area contributed by atoms with Crippen LogP contribution in [-0.4, -0.2) is 24.6 Å². The second kappa shape index (κ2) is 5.18. The van der Waals surface area contributed by atoms with Gasteiger partial charge >= 0.3 is 5.97 Å². The Morgan fingerprint density at radius 1 is 1.05 bits per heavy atom. The van der Waals surface area contributed by atoms with Gasteiger partial charge in [0.1, 0.15) is 0 Å². The van der Waals surface area contributed by atoms with Crippen LogP contribution in [0.2, 0.25) is 0 Å². The normalized spacial score (nSPS) is 42.0. The van der Waals surface area contributed by atoms with Crippen LogP contribution in [0.15, 0.2) is 0 Å². The average Bonchev–Trinajstić information content (AvgIpc) is 3.16. The standard InChI is InChI=1S/C18H28O2S/c1-20-16(19)10-17(2-3-17)11-21-12-18-7-13-4-14(8-18)6-15(5-13)9-18/h13-15H,2-12H2,1H3. The maximum atomic E-state index is 11.5. The molecule has 0 aromatic heterocycles. The number of carbonyl (C=O) groups excluding carboxylic acids is 1. The molecule has 118 valence electrons. The largest absolute Gasteiger partial charge is 0.469 e.